The van der Waals surface area contributed by atoms with Gasteiger partial charge in [0.2, 0.25) is 5.78 Å². The van der Waals surface area contributed by atoms with E-state index in [4.69, 9.17) is 9.47 Å². The molecule has 0 atom stereocenters. The molecule has 6 heteroatoms. The first kappa shape index (κ1) is 22.9. The van der Waals surface area contributed by atoms with E-state index in [0.29, 0.717) is 31.5 Å². The molecule has 6 nitrogen and oxygen atoms in total. The zero-order chi connectivity index (χ0) is 21.9. The second-order valence-electron chi connectivity index (χ2n) is 8.89. The van der Waals surface area contributed by atoms with Crippen LogP contribution in [-0.4, -0.2) is 48.0 Å². The summed E-state index contributed by atoms with van der Waals surface area (Å²) in [6.45, 7) is 14.0. The van der Waals surface area contributed by atoms with E-state index < -0.39 is 5.60 Å². The molecular weight excluding hydrogens is 370 g/mol. The standard InChI is InChI=1S/C23H33NO5/c1-14-12-19(17(4)16(3)15(14)2)20(25)13-28-21(26)18-8-10-24(11-9-18)22(27)29-23(5,6)7/h12,18H,8-11,13H2,1-7H3. The Morgan fingerprint density at radius 3 is 2.14 bits per heavy atom. The normalized spacial score (nSPS) is 15.2. The van der Waals surface area contributed by atoms with Gasteiger partial charge in [-0.15, -0.1) is 0 Å². The summed E-state index contributed by atoms with van der Waals surface area (Å²) < 4.78 is 10.7. The number of carbonyl (C=O) groups excluding carboxylic acids is 3. The Morgan fingerprint density at radius 1 is 1.00 bits per heavy atom. The number of hydrogen-bond donors (Lipinski definition) is 0. The second-order valence-corrected chi connectivity index (χ2v) is 8.89. The van der Waals surface area contributed by atoms with Crippen LogP contribution in [0.5, 0.6) is 0 Å². The van der Waals surface area contributed by atoms with Gasteiger partial charge in [-0.2, -0.15) is 0 Å². The molecule has 1 aliphatic rings. The Hall–Kier alpha value is -2.37. The summed E-state index contributed by atoms with van der Waals surface area (Å²) in [6, 6.07) is 1.87. The van der Waals surface area contributed by atoms with Gasteiger partial charge in [0.25, 0.3) is 0 Å². The first-order chi connectivity index (χ1) is 13.4. The van der Waals surface area contributed by atoms with Crippen LogP contribution in [0.2, 0.25) is 0 Å². The van der Waals surface area contributed by atoms with Crippen molar-refractivity contribution >= 4 is 17.8 Å². The molecule has 1 saturated heterocycles. The number of hydrogen-bond acceptors (Lipinski definition) is 5. The van der Waals surface area contributed by atoms with E-state index in [9.17, 15) is 14.4 Å². The molecule has 0 unspecified atom stereocenters. The molecule has 1 aromatic carbocycles. The van der Waals surface area contributed by atoms with Crippen molar-refractivity contribution in [2.45, 2.75) is 66.9 Å². The maximum Gasteiger partial charge on any atom is 0.410 e. The highest BCUT2D eigenvalue weighted by Gasteiger charge is 2.31. The van der Waals surface area contributed by atoms with E-state index in [0.717, 1.165) is 16.7 Å². The molecule has 1 aliphatic heterocycles. The number of Topliss-reactive ketones (excluding diaryl/α,β-unsaturated/α-hetero) is 1. The number of likely N-dealkylation sites (tertiary alicyclic amines) is 1. The van der Waals surface area contributed by atoms with Crippen LogP contribution in [0.4, 0.5) is 4.79 Å². The third kappa shape index (κ3) is 5.81. The van der Waals surface area contributed by atoms with Crippen molar-refractivity contribution in [3.05, 3.63) is 33.9 Å². The lowest BCUT2D eigenvalue weighted by molar-refractivity contribution is -0.149. The second kappa shape index (κ2) is 8.97. The van der Waals surface area contributed by atoms with Crippen molar-refractivity contribution in [2.24, 2.45) is 5.92 Å². The summed E-state index contributed by atoms with van der Waals surface area (Å²) in [5.74, 6) is -0.863. The minimum atomic E-state index is -0.544. The van der Waals surface area contributed by atoms with Crippen molar-refractivity contribution in [3.8, 4) is 0 Å². The largest absolute Gasteiger partial charge is 0.457 e. The Kier molecular flexibility index (Phi) is 7.09. The van der Waals surface area contributed by atoms with Gasteiger partial charge in [-0.05, 0) is 89.6 Å². The predicted octanol–water partition coefficient (Wildman–Crippen LogP) is 4.29. The maximum absolute atomic E-state index is 12.6. The number of carbonyl (C=O) groups is 3. The highest BCUT2D eigenvalue weighted by atomic mass is 16.6. The maximum atomic E-state index is 12.6. The van der Waals surface area contributed by atoms with Gasteiger partial charge in [-0.3, -0.25) is 9.59 Å². The first-order valence-electron chi connectivity index (χ1n) is 10.2. The summed E-state index contributed by atoms with van der Waals surface area (Å²) >= 11 is 0. The number of piperidine rings is 1. The lowest BCUT2D eigenvalue weighted by atomic mass is 9.93. The monoisotopic (exact) mass is 403 g/mol. The van der Waals surface area contributed by atoms with Crippen LogP contribution >= 0.6 is 0 Å². The fourth-order valence-corrected chi connectivity index (χ4v) is 3.46. The third-order valence-electron chi connectivity index (χ3n) is 5.61. The molecule has 0 N–H and O–H groups in total. The molecule has 0 aliphatic carbocycles. The zero-order valence-electron chi connectivity index (χ0n) is 18.7. The smallest absolute Gasteiger partial charge is 0.410 e. The number of nitrogens with zero attached hydrogens (tertiary/aromatic N) is 1. The van der Waals surface area contributed by atoms with Crippen LogP contribution in [0, 0.1) is 33.6 Å². The number of ether oxygens (including phenoxy) is 2. The van der Waals surface area contributed by atoms with Crippen LogP contribution in [0.15, 0.2) is 6.07 Å². The number of amides is 1. The van der Waals surface area contributed by atoms with Crippen molar-refractivity contribution < 1.29 is 23.9 Å². The number of benzene rings is 1. The molecule has 0 saturated carbocycles. The number of aryl methyl sites for hydroxylation is 1. The van der Waals surface area contributed by atoms with Crippen molar-refractivity contribution in [2.75, 3.05) is 19.7 Å². The Balaban J connectivity index is 1.88. The van der Waals surface area contributed by atoms with E-state index in [-0.39, 0.29) is 30.4 Å². The summed E-state index contributed by atoms with van der Waals surface area (Å²) in [4.78, 5) is 38.7. The average molecular weight is 404 g/mol. The van der Waals surface area contributed by atoms with E-state index >= 15 is 0 Å². The summed E-state index contributed by atoms with van der Waals surface area (Å²) in [5.41, 5.74) is 4.31. The lowest BCUT2D eigenvalue weighted by Crippen LogP contribution is -2.43. The Labute approximate surface area is 173 Å². The van der Waals surface area contributed by atoms with Gasteiger partial charge in [-0.1, -0.05) is 0 Å². The summed E-state index contributed by atoms with van der Waals surface area (Å²) in [7, 11) is 0. The highest BCUT2D eigenvalue weighted by molar-refractivity contribution is 5.99. The number of rotatable bonds is 4. The van der Waals surface area contributed by atoms with Gasteiger partial charge in [0.05, 0.1) is 5.92 Å². The first-order valence-corrected chi connectivity index (χ1v) is 10.2. The molecule has 0 spiro atoms. The zero-order valence-corrected chi connectivity index (χ0v) is 18.7. The topological polar surface area (TPSA) is 72.9 Å². The van der Waals surface area contributed by atoms with Crippen LogP contribution in [0.3, 0.4) is 0 Å². The molecular formula is C23H33NO5. The van der Waals surface area contributed by atoms with Crippen LogP contribution in [0.25, 0.3) is 0 Å². The number of ketones is 1. The third-order valence-corrected chi connectivity index (χ3v) is 5.61. The average Bonchev–Trinajstić information content (AvgIpc) is 2.65. The van der Waals surface area contributed by atoms with E-state index in [1.165, 1.54) is 5.56 Å². The molecule has 0 radical (unpaired) electrons. The molecule has 1 heterocycles. The fraction of sp³-hybridized carbons (Fsp3) is 0.609. The van der Waals surface area contributed by atoms with E-state index in [1.807, 2.05) is 54.5 Å². The Bertz CT molecular complexity index is 798. The molecule has 0 aromatic heterocycles. The highest BCUT2D eigenvalue weighted by Crippen LogP contribution is 2.23. The molecule has 160 valence electrons. The molecule has 1 amide bonds. The van der Waals surface area contributed by atoms with Gasteiger partial charge in [0.1, 0.15) is 5.60 Å². The van der Waals surface area contributed by atoms with Gasteiger partial charge >= 0.3 is 12.1 Å². The van der Waals surface area contributed by atoms with Gasteiger partial charge in [0.15, 0.2) is 6.61 Å². The molecule has 0 bridgehead atoms. The summed E-state index contributed by atoms with van der Waals surface area (Å²) in [5, 5.41) is 0. The van der Waals surface area contributed by atoms with Crippen molar-refractivity contribution in [1.82, 2.24) is 4.90 Å². The predicted molar refractivity (Wildman–Crippen MR) is 111 cm³/mol. The van der Waals surface area contributed by atoms with Crippen LogP contribution in [0.1, 0.15) is 66.2 Å². The van der Waals surface area contributed by atoms with Gasteiger partial charge in [0, 0.05) is 18.7 Å². The quantitative estimate of drug-likeness (QED) is 0.554. The van der Waals surface area contributed by atoms with E-state index in [1.54, 1.807) is 4.90 Å². The van der Waals surface area contributed by atoms with Crippen LogP contribution in [-0.2, 0) is 14.3 Å². The molecule has 1 aromatic rings. The number of esters is 1. The minimum absolute atomic E-state index is 0.187. The SMILES string of the molecule is Cc1cc(C(=O)COC(=O)C2CCN(C(=O)OC(C)(C)C)CC2)c(C)c(C)c1C. The molecule has 29 heavy (non-hydrogen) atoms. The van der Waals surface area contributed by atoms with Crippen LogP contribution < -0.4 is 0 Å². The fourth-order valence-electron chi connectivity index (χ4n) is 3.46. The van der Waals surface area contributed by atoms with Gasteiger partial charge < -0.3 is 14.4 Å². The molecule has 1 fully saturated rings. The minimum Gasteiger partial charge on any atom is -0.457 e. The molecule has 2 rings (SSSR count). The van der Waals surface area contributed by atoms with Gasteiger partial charge in [-0.25, -0.2) is 4.79 Å². The lowest BCUT2D eigenvalue weighted by Gasteiger charge is -2.32. The Morgan fingerprint density at radius 2 is 1.59 bits per heavy atom. The van der Waals surface area contributed by atoms with E-state index in [2.05, 4.69) is 0 Å². The van der Waals surface area contributed by atoms with Crippen molar-refractivity contribution in [1.29, 1.82) is 0 Å². The van der Waals surface area contributed by atoms with Crippen molar-refractivity contribution in [3.63, 3.8) is 0 Å². The summed E-state index contributed by atoms with van der Waals surface area (Å²) in [6.07, 6.45) is 0.655.